The minimum Gasteiger partial charge on any atom is -0.496 e. The van der Waals surface area contributed by atoms with Crippen molar-refractivity contribution in [2.24, 2.45) is 4.99 Å². The van der Waals surface area contributed by atoms with Crippen LogP contribution in [0, 0.1) is 13.8 Å². The van der Waals surface area contributed by atoms with Gasteiger partial charge < -0.3 is 20.1 Å². The Bertz CT molecular complexity index is 828. The SMILES string of the molecule is CN=C(NCCc1ncc(C)s1)NCC1(c2cc(C)ccc2OC)CCOCC1. The van der Waals surface area contributed by atoms with E-state index in [-0.39, 0.29) is 5.41 Å². The molecule has 2 aromatic rings. The van der Waals surface area contributed by atoms with Crippen molar-refractivity contribution in [3.05, 3.63) is 45.4 Å². The zero-order chi connectivity index (χ0) is 20.7. The number of methoxy groups -OCH3 is 1. The number of hydrogen-bond acceptors (Lipinski definition) is 5. The molecule has 1 saturated heterocycles. The lowest BCUT2D eigenvalue weighted by Gasteiger charge is -2.39. The first kappa shape index (κ1) is 21.6. The van der Waals surface area contributed by atoms with Crippen LogP contribution >= 0.6 is 11.3 Å². The van der Waals surface area contributed by atoms with E-state index < -0.39 is 0 Å². The molecule has 0 radical (unpaired) electrons. The van der Waals surface area contributed by atoms with Gasteiger partial charge in [-0.25, -0.2) is 4.98 Å². The number of thiazole rings is 1. The van der Waals surface area contributed by atoms with E-state index in [0.717, 1.165) is 62.3 Å². The average Bonchev–Trinajstić information content (AvgIpc) is 3.16. The van der Waals surface area contributed by atoms with E-state index in [2.05, 4.69) is 52.7 Å². The molecular formula is C22H32N4O2S. The number of ether oxygens (including phenoxy) is 2. The maximum Gasteiger partial charge on any atom is 0.191 e. The number of benzene rings is 1. The van der Waals surface area contributed by atoms with Crippen molar-refractivity contribution in [2.75, 3.05) is 40.5 Å². The molecule has 0 atom stereocenters. The topological polar surface area (TPSA) is 67.8 Å². The molecule has 0 spiro atoms. The van der Waals surface area contributed by atoms with Gasteiger partial charge in [0.2, 0.25) is 0 Å². The molecular weight excluding hydrogens is 384 g/mol. The van der Waals surface area contributed by atoms with Gasteiger partial charge in [0.25, 0.3) is 0 Å². The van der Waals surface area contributed by atoms with Crippen LogP contribution in [0.1, 0.15) is 33.9 Å². The van der Waals surface area contributed by atoms with Crippen molar-refractivity contribution >= 4 is 17.3 Å². The number of aliphatic imine (C=N–C) groups is 1. The summed E-state index contributed by atoms with van der Waals surface area (Å²) in [6, 6.07) is 6.43. The third-order valence-electron chi connectivity index (χ3n) is 5.49. The lowest BCUT2D eigenvalue weighted by atomic mass is 9.73. The Kier molecular flexibility index (Phi) is 7.50. The minimum absolute atomic E-state index is 0.0420. The molecule has 29 heavy (non-hydrogen) atoms. The summed E-state index contributed by atoms with van der Waals surface area (Å²) in [5.41, 5.74) is 2.46. The summed E-state index contributed by atoms with van der Waals surface area (Å²) in [5, 5.41) is 8.12. The molecule has 6 nitrogen and oxygen atoms in total. The molecule has 1 aliphatic rings. The fourth-order valence-electron chi connectivity index (χ4n) is 3.82. The number of aromatic nitrogens is 1. The van der Waals surface area contributed by atoms with Crippen LogP contribution in [0.25, 0.3) is 0 Å². The van der Waals surface area contributed by atoms with Gasteiger partial charge in [-0.2, -0.15) is 0 Å². The normalized spacial score (nSPS) is 16.5. The number of hydrogen-bond donors (Lipinski definition) is 2. The molecule has 158 valence electrons. The molecule has 0 aliphatic carbocycles. The van der Waals surface area contributed by atoms with Gasteiger partial charge in [-0.05, 0) is 32.8 Å². The van der Waals surface area contributed by atoms with E-state index in [1.807, 2.05) is 13.2 Å². The van der Waals surface area contributed by atoms with Crippen molar-refractivity contribution in [2.45, 2.75) is 38.5 Å². The number of rotatable bonds is 7. The predicted molar refractivity (Wildman–Crippen MR) is 119 cm³/mol. The molecule has 1 aromatic heterocycles. The van der Waals surface area contributed by atoms with Crippen molar-refractivity contribution in [3.8, 4) is 5.75 Å². The quantitative estimate of drug-likeness (QED) is 0.536. The average molecular weight is 417 g/mol. The summed E-state index contributed by atoms with van der Waals surface area (Å²) in [7, 11) is 3.56. The Morgan fingerprint density at radius 2 is 2.07 bits per heavy atom. The fourth-order valence-corrected chi connectivity index (χ4v) is 4.60. The molecule has 1 aromatic carbocycles. The number of aryl methyl sites for hydroxylation is 2. The van der Waals surface area contributed by atoms with Crippen LogP contribution in [-0.4, -0.2) is 51.4 Å². The summed E-state index contributed by atoms with van der Waals surface area (Å²) in [6.07, 6.45) is 4.73. The van der Waals surface area contributed by atoms with Crippen molar-refractivity contribution in [3.63, 3.8) is 0 Å². The molecule has 2 N–H and O–H groups in total. The highest BCUT2D eigenvalue weighted by Crippen LogP contribution is 2.40. The van der Waals surface area contributed by atoms with Crippen LogP contribution in [-0.2, 0) is 16.6 Å². The predicted octanol–water partition coefficient (Wildman–Crippen LogP) is 3.22. The highest BCUT2D eigenvalue weighted by molar-refractivity contribution is 7.11. The smallest absolute Gasteiger partial charge is 0.191 e. The summed E-state index contributed by atoms with van der Waals surface area (Å²) in [5.74, 6) is 1.76. The van der Waals surface area contributed by atoms with E-state index in [1.165, 1.54) is 16.0 Å². The van der Waals surface area contributed by atoms with Gasteiger partial charge in [0, 0.05) is 61.8 Å². The molecule has 0 saturated carbocycles. The third kappa shape index (κ3) is 5.48. The van der Waals surface area contributed by atoms with E-state index in [0.29, 0.717) is 0 Å². The van der Waals surface area contributed by atoms with E-state index in [9.17, 15) is 0 Å². The van der Waals surface area contributed by atoms with Gasteiger partial charge in [-0.3, -0.25) is 4.99 Å². The molecule has 1 aliphatic heterocycles. The second-order valence-corrected chi connectivity index (χ2v) is 8.88. The largest absolute Gasteiger partial charge is 0.496 e. The Morgan fingerprint density at radius 3 is 2.72 bits per heavy atom. The molecule has 7 heteroatoms. The van der Waals surface area contributed by atoms with Gasteiger partial charge in [-0.15, -0.1) is 11.3 Å². The zero-order valence-electron chi connectivity index (χ0n) is 17.9. The van der Waals surface area contributed by atoms with Crippen LogP contribution in [0.4, 0.5) is 0 Å². The highest BCUT2D eigenvalue weighted by Gasteiger charge is 2.37. The summed E-state index contributed by atoms with van der Waals surface area (Å²) >= 11 is 1.75. The maximum absolute atomic E-state index is 5.71. The van der Waals surface area contributed by atoms with Gasteiger partial charge in [-0.1, -0.05) is 17.7 Å². The van der Waals surface area contributed by atoms with Crippen molar-refractivity contribution in [1.29, 1.82) is 0 Å². The first-order chi connectivity index (χ1) is 14.1. The van der Waals surface area contributed by atoms with Crippen LogP contribution < -0.4 is 15.4 Å². The molecule has 0 bridgehead atoms. The molecule has 3 rings (SSSR count). The summed E-state index contributed by atoms with van der Waals surface area (Å²) < 4.78 is 11.4. The number of nitrogens with one attached hydrogen (secondary N) is 2. The van der Waals surface area contributed by atoms with Crippen molar-refractivity contribution < 1.29 is 9.47 Å². The maximum atomic E-state index is 5.71. The second-order valence-electron chi connectivity index (χ2n) is 7.56. The van der Waals surface area contributed by atoms with Crippen LogP contribution in [0.15, 0.2) is 29.4 Å². The first-order valence-electron chi connectivity index (χ1n) is 10.1. The van der Waals surface area contributed by atoms with Gasteiger partial charge in [0.05, 0.1) is 12.1 Å². The first-order valence-corrected chi connectivity index (χ1v) is 11.0. The second kappa shape index (κ2) is 10.1. The number of nitrogens with zero attached hydrogens (tertiary/aromatic N) is 2. The monoisotopic (exact) mass is 416 g/mol. The summed E-state index contributed by atoms with van der Waals surface area (Å²) in [6.45, 7) is 7.32. The van der Waals surface area contributed by atoms with E-state index in [4.69, 9.17) is 9.47 Å². The van der Waals surface area contributed by atoms with E-state index in [1.54, 1.807) is 18.4 Å². The standard InChI is InChI=1S/C22H32N4O2S/c1-16-5-6-19(27-4)18(13-16)22(8-11-28-12-9-22)15-26-21(23-3)24-10-7-20-25-14-17(2)29-20/h5-6,13-14H,7-12,15H2,1-4H3,(H2,23,24,26). The number of guanidine groups is 1. The molecule has 0 amide bonds. The van der Waals surface area contributed by atoms with Gasteiger partial charge >= 0.3 is 0 Å². The Balaban J connectivity index is 1.67. The fraction of sp³-hybridized carbons (Fsp3) is 0.545. The Morgan fingerprint density at radius 1 is 1.28 bits per heavy atom. The van der Waals surface area contributed by atoms with E-state index >= 15 is 0 Å². The lowest BCUT2D eigenvalue weighted by molar-refractivity contribution is 0.0505. The molecule has 2 heterocycles. The minimum atomic E-state index is -0.0420. The Hall–Kier alpha value is -2.12. The van der Waals surface area contributed by atoms with Gasteiger partial charge in [0.15, 0.2) is 5.96 Å². The third-order valence-corrected chi connectivity index (χ3v) is 6.47. The van der Waals surface area contributed by atoms with Crippen molar-refractivity contribution in [1.82, 2.24) is 15.6 Å². The molecule has 0 unspecified atom stereocenters. The van der Waals surface area contributed by atoms with Crippen LogP contribution in [0.2, 0.25) is 0 Å². The summed E-state index contributed by atoms with van der Waals surface area (Å²) in [4.78, 5) is 10.1. The van der Waals surface area contributed by atoms with Gasteiger partial charge in [0.1, 0.15) is 5.75 Å². The van der Waals surface area contributed by atoms with Crippen LogP contribution in [0.5, 0.6) is 5.75 Å². The van der Waals surface area contributed by atoms with Crippen LogP contribution in [0.3, 0.4) is 0 Å². The zero-order valence-corrected chi connectivity index (χ0v) is 18.7. The Labute approximate surface area is 177 Å². The highest BCUT2D eigenvalue weighted by atomic mass is 32.1. The lowest BCUT2D eigenvalue weighted by Crippen LogP contribution is -2.48. The molecule has 1 fully saturated rings.